The molecule has 4 rings (SSSR count). The van der Waals surface area contributed by atoms with E-state index in [0.29, 0.717) is 35.5 Å². The first-order chi connectivity index (χ1) is 13.0. The van der Waals surface area contributed by atoms with Gasteiger partial charge in [0.25, 0.3) is 5.91 Å². The maximum Gasteiger partial charge on any atom is 0.269 e. The number of hydrogen-bond acceptors (Lipinski definition) is 5. The number of amides is 1. The molecule has 27 heavy (non-hydrogen) atoms. The number of hydrogen-bond donors (Lipinski definition) is 0. The summed E-state index contributed by atoms with van der Waals surface area (Å²) in [5.74, 6) is 1.66. The lowest BCUT2D eigenvalue weighted by atomic mass is 10.2. The van der Waals surface area contributed by atoms with Crippen molar-refractivity contribution in [3.05, 3.63) is 53.6 Å². The molecule has 7 heteroatoms. The summed E-state index contributed by atoms with van der Waals surface area (Å²) in [6.07, 6.45) is -0.673. The number of carbonyl (C=O) groups excluding carboxylic acids is 1. The van der Waals surface area contributed by atoms with E-state index >= 15 is 0 Å². The number of carbonyl (C=O) groups is 1. The van der Waals surface area contributed by atoms with Gasteiger partial charge in [0.05, 0.1) is 11.0 Å². The van der Waals surface area contributed by atoms with Gasteiger partial charge in [-0.05, 0) is 37.3 Å². The molecule has 1 unspecified atom stereocenters. The molecule has 1 atom stereocenters. The van der Waals surface area contributed by atoms with E-state index in [-0.39, 0.29) is 5.91 Å². The molecule has 6 nitrogen and oxygen atoms in total. The first-order valence-corrected chi connectivity index (χ1v) is 9.12. The topological polar surface area (TPSA) is 58.6 Å². The highest BCUT2D eigenvalue weighted by atomic mass is 35.5. The predicted octanol–water partition coefficient (Wildman–Crippen LogP) is 3.53. The number of rotatable bonds is 3. The largest absolute Gasteiger partial charge is 0.481 e. The molecule has 1 amide bonds. The van der Waals surface area contributed by atoms with E-state index in [9.17, 15) is 4.79 Å². The standard InChI is InChI=1S/C20H19ClN4O2/c1-13(27-15-7-5-6-14(21)12-15)20(26)25-11-10-24(2)18-19(25)23-17-9-4-3-8-16(17)22-18/h3-9,12-13H,10-11H2,1-2H3. The van der Waals surface area contributed by atoms with Crippen LogP contribution < -0.4 is 14.5 Å². The molecule has 138 valence electrons. The van der Waals surface area contributed by atoms with Crippen LogP contribution in [0.4, 0.5) is 11.6 Å². The van der Waals surface area contributed by atoms with Crippen molar-refractivity contribution in [3.63, 3.8) is 0 Å². The van der Waals surface area contributed by atoms with Crippen LogP contribution in [-0.2, 0) is 4.79 Å². The zero-order chi connectivity index (χ0) is 19.0. The van der Waals surface area contributed by atoms with Crippen molar-refractivity contribution in [2.24, 2.45) is 0 Å². The monoisotopic (exact) mass is 382 g/mol. The second-order valence-electron chi connectivity index (χ2n) is 6.49. The molecule has 3 aromatic rings. The molecule has 1 aliphatic heterocycles. The summed E-state index contributed by atoms with van der Waals surface area (Å²) >= 11 is 6.00. The summed E-state index contributed by atoms with van der Waals surface area (Å²) in [6, 6.07) is 14.7. The minimum absolute atomic E-state index is 0.158. The van der Waals surface area contributed by atoms with Crippen LogP contribution >= 0.6 is 11.6 Å². The third-order valence-corrected chi connectivity index (χ3v) is 4.77. The van der Waals surface area contributed by atoms with E-state index in [1.54, 1.807) is 36.1 Å². The Bertz CT molecular complexity index is 1010. The van der Waals surface area contributed by atoms with E-state index < -0.39 is 6.10 Å². The summed E-state index contributed by atoms with van der Waals surface area (Å²) in [5.41, 5.74) is 1.56. The molecule has 0 saturated heterocycles. The van der Waals surface area contributed by atoms with Crippen molar-refractivity contribution in [1.29, 1.82) is 0 Å². The van der Waals surface area contributed by atoms with Gasteiger partial charge < -0.3 is 9.64 Å². The van der Waals surface area contributed by atoms with Gasteiger partial charge in [-0.3, -0.25) is 9.69 Å². The van der Waals surface area contributed by atoms with Crippen LogP contribution in [-0.4, -0.2) is 42.1 Å². The third kappa shape index (κ3) is 3.40. The van der Waals surface area contributed by atoms with Gasteiger partial charge in [0.15, 0.2) is 17.7 Å². The molecule has 0 radical (unpaired) electrons. The van der Waals surface area contributed by atoms with Gasteiger partial charge in [-0.25, -0.2) is 9.97 Å². The van der Waals surface area contributed by atoms with E-state index in [4.69, 9.17) is 26.3 Å². The van der Waals surface area contributed by atoms with Crippen LogP contribution in [0.3, 0.4) is 0 Å². The summed E-state index contributed by atoms with van der Waals surface area (Å²) < 4.78 is 5.80. The fraction of sp³-hybridized carbons (Fsp3) is 0.250. The van der Waals surface area contributed by atoms with Crippen LogP contribution in [0.15, 0.2) is 48.5 Å². The predicted molar refractivity (Wildman–Crippen MR) is 107 cm³/mol. The summed E-state index contributed by atoms with van der Waals surface area (Å²) in [4.78, 5) is 26.1. The molecule has 0 saturated carbocycles. The molecule has 0 fully saturated rings. The number of aromatic nitrogens is 2. The van der Waals surface area contributed by atoms with E-state index in [2.05, 4.69) is 0 Å². The average Bonchev–Trinajstić information content (AvgIpc) is 2.66. The molecular weight excluding hydrogens is 364 g/mol. The number of likely N-dealkylation sites (N-methyl/N-ethyl adjacent to an activating group) is 1. The van der Waals surface area contributed by atoms with E-state index in [1.165, 1.54) is 0 Å². The van der Waals surface area contributed by atoms with Crippen molar-refractivity contribution in [3.8, 4) is 5.75 Å². The number of ether oxygens (including phenoxy) is 1. The summed E-state index contributed by atoms with van der Waals surface area (Å²) in [5, 5.41) is 0.564. The molecule has 2 aromatic carbocycles. The molecule has 0 spiro atoms. The highest BCUT2D eigenvalue weighted by molar-refractivity contribution is 6.30. The average molecular weight is 383 g/mol. The van der Waals surface area contributed by atoms with Gasteiger partial charge in [-0.1, -0.05) is 29.8 Å². The molecular formula is C20H19ClN4O2. The Kier molecular flexibility index (Phi) is 4.58. The van der Waals surface area contributed by atoms with E-state index in [1.807, 2.05) is 36.2 Å². The van der Waals surface area contributed by atoms with Crippen molar-refractivity contribution in [2.75, 3.05) is 29.9 Å². The number of benzene rings is 2. The number of nitrogens with zero attached hydrogens (tertiary/aromatic N) is 4. The van der Waals surface area contributed by atoms with Crippen molar-refractivity contribution >= 4 is 40.2 Å². The lowest BCUT2D eigenvalue weighted by Crippen LogP contribution is -2.48. The highest BCUT2D eigenvalue weighted by Gasteiger charge is 2.31. The molecule has 0 N–H and O–H groups in total. The van der Waals surface area contributed by atoms with Crippen molar-refractivity contribution in [1.82, 2.24) is 9.97 Å². The zero-order valence-corrected chi connectivity index (χ0v) is 15.8. The smallest absolute Gasteiger partial charge is 0.269 e. The molecule has 1 aromatic heterocycles. The van der Waals surface area contributed by atoms with Crippen molar-refractivity contribution in [2.45, 2.75) is 13.0 Å². The number of fused-ring (bicyclic) bond motifs is 2. The molecule has 0 bridgehead atoms. The second kappa shape index (κ2) is 7.04. The Morgan fingerprint density at radius 2 is 1.78 bits per heavy atom. The lowest BCUT2D eigenvalue weighted by Gasteiger charge is -2.34. The Morgan fingerprint density at radius 1 is 1.07 bits per heavy atom. The Morgan fingerprint density at radius 3 is 2.48 bits per heavy atom. The second-order valence-corrected chi connectivity index (χ2v) is 6.92. The van der Waals surface area contributed by atoms with Crippen LogP contribution in [0.25, 0.3) is 11.0 Å². The number of para-hydroxylation sites is 2. The quantitative estimate of drug-likeness (QED) is 0.693. The van der Waals surface area contributed by atoms with Crippen molar-refractivity contribution < 1.29 is 9.53 Å². The fourth-order valence-corrected chi connectivity index (χ4v) is 3.29. The highest BCUT2D eigenvalue weighted by Crippen LogP contribution is 2.31. The molecule has 1 aliphatic rings. The Balaban J connectivity index is 1.65. The van der Waals surface area contributed by atoms with Crippen LogP contribution in [0.5, 0.6) is 5.75 Å². The van der Waals surface area contributed by atoms with Gasteiger partial charge in [0.1, 0.15) is 5.75 Å². The van der Waals surface area contributed by atoms with Gasteiger partial charge in [0, 0.05) is 25.2 Å². The van der Waals surface area contributed by atoms with Gasteiger partial charge in [-0.15, -0.1) is 0 Å². The van der Waals surface area contributed by atoms with Gasteiger partial charge in [0.2, 0.25) is 0 Å². The summed E-state index contributed by atoms with van der Waals surface area (Å²) in [7, 11) is 1.95. The lowest BCUT2D eigenvalue weighted by molar-refractivity contribution is -0.124. The maximum atomic E-state index is 13.1. The summed E-state index contributed by atoms with van der Waals surface area (Å²) in [6.45, 7) is 2.93. The van der Waals surface area contributed by atoms with Crippen LogP contribution in [0.2, 0.25) is 5.02 Å². The minimum atomic E-state index is -0.673. The SMILES string of the molecule is CC(Oc1cccc(Cl)c1)C(=O)N1CCN(C)c2nc3ccccc3nc21. The number of anilines is 2. The third-order valence-electron chi connectivity index (χ3n) is 4.53. The van der Waals surface area contributed by atoms with Gasteiger partial charge >= 0.3 is 0 Å². The first kappa shape index (κ1) is 17.5. The zero-order valence-electron chi connectivity index (χ0n) is 15.1. The van der Waals surface area contributed by atoms with Gasteiger partial charge in [-0.2, -0.15) is 0 Å². The molecule has 2 heterocycles. The maximum absolute atomic E-state index is 13.1. The van der Waals surface area contributed by atoms with E-state index in [0.717, 1.165) is 11.0 Å². The molecule has 0 aliphatic carbocycles. The van der Waals surface area contributed by atoms with Crippen LogP contribution in [0, 0.1) is 0 Å². The van der Waals surface area contributed by atoms with Crippen LogP contribution in [0.1, 0.15) is 6.92 Å². The minimum Gasteiger partial charge on any atom is -0.481 e. The normalized spacial score (nSPS) is 14.8. The Labute approximate surface area is 162 Å². The fourth-order valence-electron chi connectivity index (χ4n) is 3.11. The number of halogens is 1. The first-order valence-electron chi connectivity index (χ1n) is 8.74. The Hall–Kier alpha value is -2.86.